The van der Waals surface area contributed by atoms with Crippen LogP contribution in [0.1, 0.15) is 18.0 Å². The zero-order chi connectivity index (χ0) is 14.4. The minimum Gasteiger partial charge on any atom is -0.493 e. The van der Waals surface area contributed by atoms with E-state index < -0.39 is 0 Å². The molecule has 0 fully saturated rings. The average Bonchev–Trinajstić information content (AvgIpc) is 2.43. The van der Waals surface area contributed by atoms with E-state index >= 15 is 0 Å². The molecule has 5 heteroatoms. The van der Waals surface area contributed by atoms with Gasteiger partial charge in [-0.05, 0) is 31.8 Å². The summed E-state index contributed by atoms with van der Waals surface area (Å²) in [5, 5.41) is 0. The summed E-state index contributed by atoms with van der Waals surface area (Å²) in [6, 6.07) is 5.58. The molecular weight excluding hydrogens is 246 g/mol. The first-order chi connectivity index (χ1) is 9.03. The van der Waals surface area contributed by atoms with Gasteiger partial charge in [-0.15, -0.1) is 0 Å². The van der Waals surface area contributed by atoms with Crippen molar-refractivity contribution in [2.75, 3.05) is 35.4 Å². The molecule has 5 nitrogen and oxygen atoms in total. The quantitative estimate of drug-likeness (QED) is 0.736. The number of benzene rings is 1. The SMILES string of the molecule is COC(=O)CC(c1ccc(OC)c(OC)c1)N(C)C. The van der Waals surface area contributed by atoms with Gasteiger partial charge in [-0.2, -0.15) is 0 Å². The lowest BCUT2D eigenvalue weighted by Crippen LogP contribution is -2.23. The second-order valence-corrected chi connectivity index (χ2v) is 4.37. The summed E-state index contributed by atoms with van der Waals surface area (Å²) in [6.07, 6.45) is 0.291. The molecule has 106 valence electrons. The molecular formula is C14H21NO4. The van der Waals surface area contributed by atoms with Gasteiger partial charge in [0.1, 0.15) is 0 Å². The Morgan fingerprint density at radius 3 is 2.26 bits per heavy atom. The summed E-state index contributed by atoms with van der Waals surface area (Å²) in [7, 11) is 8.42. The molecule has 0 N–H and O–H groups in total. The van der Waals surface area contributed by atoms with E-state index in [0.717, 1.165) is 5.56 Å². The summed E-state index contributed by atoms with van der Waals surface area (Å²) in [5.41, 5.74) is 0.980. The van der Waals surface area contributed by atoms with E-state index in [4.69, 9.17) is 14.2 Å². The highest BCUT2D eigenvalue weighted by atomic mass is 16.5. The number of esters is 1. The molecule has 0 aliphatic carbocycles. The minimum absolute atomic E-state index is 0.0627. The number of carbonyl (C=O) groups excluding carboxylic acids is 1. The number of ether oxygens (including phenoxy) is 3. The largest absolute Gasteiger partial charge is 0.493 e. The monoisotopic (exact) mass is 267 g/mol. The van der Waals surface area contributed by atoms with Crippen LogP contribution in [0.4, 0.5) is 0 Å². The summed E-state index contributed by atoms with van der Waals surface area (Å²) >= 11 is 0. The Bertz CT molecular complexity index is 431. The van der Waals surface area contributed by atoms with E-state index in [2.05, 4.69) is 0 Å². The molecule has 1 aromatic carbocycles. The lowest BCUT2D eigenvalue weighted by Gasteiger charge is -2.24. The number of rotatable bonds is 6. The Hall–Kier alpha value is -1.75. The topological polar surface area (TPSA) is 48.0 Å². The predicted octanol–water partition coefficient (Wildman–Crippen LogP) is 1.87. The van der Waals surface area contributed by atoms with Crippen molar-refractivity contribution in [3.8, 4) is 11.5 Å². The summed E-state index contributed by atoms with van der Waals surface area (Å²) in [5.74, 6) is 1.08. The molecule has 0 bridgehead atoms. The fourth-order valence-electron chi connectivity index (χ4n) is 1.90. The highest BCUT2D eigenvalue weighted by Crippen LogP contribution is 2.32. The second kappa shape index (κ2) is 6.99. The van der Waals surface area contributed by atoms with E-state index in [1.165, 1.54) is 7.11 Å². The molecule has 0 aliphatic rings. The van der Waals surface area contributed by atoms with Crippen LogP contribution in [0.15, 0.2) is 18.2 Å². The molecule has 0 saturated carbocycles. The van der Waals surface area contributed by atoms with Crippen molar-refractivity contribution < 1.29 is 19.0 Å². The van der Waals surface area contributed by atoms with Crippen molar-refractivity contribution in [3.05, 3.63) is 23.8 Å². The Morgan fingerprint density at radius 1 is 1.16 bits per heavy atom. The van der Waals surface area contributed by atoms with Gasteiger partial charge in [0.25, 0.3) is 0 Å². The van der Waals surface area contributed by atoms with Crippen molar-refractivity contribution in [1.82, 2.24) is 4.90 Å². The molecule has 19 heavy (non-hydrogen) atoms. The van der Waals surface area contributed by atoms with Gasteiger partial charge in [0, 0.05) is 6.04 Å². The van der Waals surface area contributed by atoms with Crippen molar-refractivity contribution >= 4 is 5.97 Å². The van der Waals surface area contributed by atoms with Crippen LogP contribution in [-0.2, 0) is 9.53 Å². The van der Waals surface area contributed by atoms with Gasteiger partial charge in [-0.1, -0.05) is 6.07 Å². The second-order valence-electron chi connectivity index (χ2n) is 4.37. The third-order valence-corrected chi connectivity index (χ3v) is 3.00. The van der Waals surface area contributed by atoms with Crippen LogP contribution in [0.25, 0.3) is 0 Å². The summed E-state index contributed by atoms with van der Waals surface area (Å²) in [4.78, 5) is 13.4. The van der Waals surface area contributed by atoms with Gasteiger partial charge in [0.15, 0.2) is 11.5 Å². The normalized spacial score (nSPS) is 12.1. The molecule has 1 rings (SSSR count). The van der Waals surface area contributed by atoms with Crippen LogP contribution in [0.2, 0.25) is 0 Å². The van der Waals surface area contributed by atoms with E-state index in [9.17, 15) is 4.79 Å². The van der Waals surface area contributed by atoms with Crippen molar-refractivity contribution in [2.24, 2.45) is 0 Å². The van der Waals surface area contributed by atoms with Crippen LogP contribution >= 0.6 is 0 Å². The number of nitrogens with zero attached hydrogens (tertiary/aromatic N) is 1. The fraction of sp³-hybridized carbons (Fsp3) is 0.500. The fourth-order valence-corrected chi connectivity index (χ4v) is 1.90. The standard InChI is InChI=1S/C14H21NO4/c1-15(2)11(9-14(16)19-5)10-6-7-12(17-3)13(8-10)18-4/h6-8,11H,9H2,1-5H3. The van der Waals surface area contributed by atoms with Gasteiger partial charge in [-0.25, -0.2) is 0 Å². The predicted molar refractivity (Wildman–Crippen MR) is 72.6 cm³/mol. The van der Waals surface area contributed by atoms with Crippen LogP contribution in [0.3, 0.4) is 0 Å². The molecule has 0 aromatic heterocycles. The van der Waals surface area contributed by atoms with Gasteiger partial charge in [-0.3, -0.25) is 4.79 Å². The molecule has 1 unspecified atom stereocenters. The third kappa shape index (κ3) is 3.86. The first-order valence-electron chi connectivity index (χ1n) is 5.98. The Balaban J connectivity index is 3.05. The smallest absolute Gasteiger partial charge is 0.307 e. The molecule has 0 saturated heterocycles. The molecule has 1 aromatic rings. The summed E-state index contributed by atoms with van der Waals surface area (Å²) in [6.45, 7) is 0. The first-order valence-corrected chi connectivity index (χ1v) is 5.98. The lowest BCUT2D eigenvalue weighted by molar-refractivity contribution is -0.141. The molecule has 0 aliphatic heterocycles. The Labute approximate surface area is 114 Å². The Kier molecular flexibility index (Phi) is 5.63. The zero-order valence-corrected chi connectivity index (χ0v) is 12.1. The highest BCUT2D eigenvalue weighted by molar-refractivity contribution is 5.70. The van der Waals surface area contributed by atoms with Gasteiger partial charge >= 0.3 is 5.97 Å². The van der Waals surface area contributed by atoms with Crippen molar-refractivity contribution in [1.29, 1.82) is 0 Å². The molecule has 0 amide bonds. The van der Waals surface area contributed by atoms with Crippen LogP contribution in [-0.4, -0.2) is 46.3 Å². The van der Waals surface area contributed by atoms with Crippen molar-refractivity contribution in [2.45, 2.75) is 12.5 Å². The zero-order valence-electron chi connectivity index (χ0n) is 12.1. The van der Waals surface area contributed by atoms with Crippen LogP contribution in [0.5, 0.6) is 11.5 Å². The maximum Gasteiger partial charge on any atom is 0.307 e. The number of hydrogen-bond acceptors (Lipinski definition) is 5. The van der Waals surface area contributed by atoms with Gasteiger partial charge in [0.2, 0.25) is 0 Å². The average molecular weight is 267 g/mol. The van der Waals surface area contributed by atoms with Crippen LogP contribution < -0.4 is 9.47 Å². The minimum atomic E-state index is -0.242. The van der Waals surface area contributed by atoms with Crippen LogP contribution in [0, 0.1) is 0 Å². The Morgan fingerprint density at radius 2 is 1.79 bits per heavy atom. The molecule has 0 radical (unpaired) electrons. The highest BCUT2D eigenvalue weighted by Gasteiger charge is 2.20. The number of methoxy groups -OCH3 is 3. The third-order valence-electron chi connectivity index (χ3n) is 3.00. The number of hydrogen-bond donors (Lipinski definition) is 0. The van der Waals surface area contributed by atoms with E-state index in [1.807, 2.05) is 37.2 Å². The van der Waals surface area contributed by atoms with Gasteiger partial charge < -0.3 is 19.1 Å². The lowest BCUT2D eigenvalue weighted by atomic mass is 10.0. The molecule has 0 spiro atoms. The summed E-state index contributed by atoms with van der Waals surface area (Å²) < 4.78 is 15.2. The molecule has 1 atom stereocenters. The van der Waals surface area contributed by atoms with E-state index in [0.29, 0.717) is 17.9 Å². The molecule has 0 heterocycles. The first kappa shape index (κ1) is 15.3. The maximum absolute atomic E-state index is 11.5. The maximum atomic E-state index is 11.5. The van der Waals surface area contributed by atoms with E-state index in [-0.39, 0.29) is 12.0 Å². The van der Waals surface area contributed by atoms with Crippen molar-refractivity contribution in [3.63, 3.8) is 0 Å². The van der Waals surface area contributed by atoms with E-state index in [1.54, 1.807) is 14.2 Å². The number of carbonyl (C=O) groups is 1. The van der Waals surface area contributed by atoms with Gasteiger partial charge in [0.05, 0.1) is 27.8 Å².